The summed E-state index contributed by atoms with van der Waals surface area (Å²) in [7, 11) is 0. The number of nitrogens with zero attached hydrogens (tertiary/aromatic N) is 1. The van der Waals surface area contributed by atoms with E-state index < -0.39 is 4.92 Å². The van der Waals surface area contributed by atoms with Gasteiger partial charge in [-0.2, -0.15) is 0 Å². The van der Waals surface area contributed by atoms with Gasteiger partial charge in [-0.25, -0.2) is 0 Å². The van der Waals surface area contributed by atoms with E-state index in [9.17, 15) is 10.1 Å². The third-order valence-corrected chi connectivity index (χ3v) is 3.79. The summed E-state index contributed by atoms with van der Waals surface area (Å²) in [4.78, 5) is 10.2. The molecule has 1 atom stereocenters. The fourth-order valence-corrected chi connectivity index (χ4v) is 2.28. The summed E-state index contributed by atoms with van der Waals surface area (Å²) in [6.07, 6.45) is 0. The topological polar surface area (TPSA) is 78.4 Å². The van der Waals surface area contributed by atoms with E-state index in [0.717, 1.165) is 16.9 Å². The summed E-state index contributed by atoms with van der Waals surface area (Å²) < 4.78 is 6.32. The number of nitrogens with two attached hydrogens (primary N) is 1. The highest BCUT2D eigenvalue weighted by Gasteiger charge is 2.09. The van der Waals surface area contributed by atoms with Crippen LogP contribution in [0.4, 0.5) is 5.69 Å². The number of benzene rings is 2. The Bertz CT molecular complexity index is 642. The van der Waals surface area contributed by atoms with Crippen molar-refractivity contribution in [2.45, 2.75) is 19.6 Å². The smallest absolute Gasteiger partial charge is 0.270 e. The molecule has 5 nitrogen and oxygen atoms in total. The largest absolute Gasteiger partial charge is 0.489 e. The van der Waals surface area contributed by atoms with Gasteiger partial charge >= 0.3 is 0 Å². The van der Waals surface area contributed by atoms with E-state index >= 15 is 0 Å². The third-order valence-electron chi connectivity index (χ3n) is 3.05. The van der Waals surface area contributed by atoms with E-state index in [1.165, 1.54) is 12.1 Å². The van der Waals surface area contributed by atoms with Crippen LogP contribution >= 0.6 is 15.9 Å². The Morgan fingerprint density at radius 1 is 1.29 bits per heavy atom. The van der Waals surface area contributed by atoms with E-state index in [-0.39, 0.29) is 11.7 Å². The van der Waals surface area contributed by atoms with Crippen molar-refractivity contribution in [3.8, 4) is 5.75 Å². The summed E-state index contributed by atoms with van der Waals surface area (Å²) in [6, 6.07) is 12.2. The number of hydrogen-bond acceptors (Lipinski definition) is 4. The summed E-state index contributed by atoms with van der Waals surface area (Å²) in [6.45, 7) is 2.25. The first kappa shape index (κ1) is 15.5. The lowest BCUT2D eigenvalue weighted by Gasteiger charge is -2.10. The van der Waals surface area contributed by atoms with E-state index in [1.807, 2.05) is 31.2 Å². The maximum absolute atomic E-state index is 10.7. The number of nitro benzene ring substituents is 1. The molecule has 0 fully saturated rings. The fourth-order valence-electron chi connectivity index (χ4n) is 1.80. The van der Waals surface area contributed by atoms with Crippen molar-refractivity contribution >= 4 is 21.6 Å². The van der Waals surface area contributed by atoms with E-state index in [2.05, 4.69) is 15.9 Å². The van der Waals surface area contributed by atoms with Crippen molar-refractivity contribution < 1.29 is 9.66 Å². The van der Waals surface area contributed by atoms with Crippen LogP contribution < -0.4 is 10.5 Å². The first-order valence-electron chi connectivity index (χ1n) is 6.38. The molecule has 2 N–H and O–H groups in total. The van der Waals surface area contributed by atoms with Gasteiger partial charge in [0.25, 0.3) is 5.69 Å². The Kier molecular flexibility index (Phi) is 4.93. The molecule has 0 aliphatic heterocycles. The van der Waals surface area contributed by atoms with Crippen LogP contribution in [0.3, 0.4) is 0 Å². The lowest BCUT2D eigenvalue weighted by Crippen LogP contribution is -2.04. The van der Waals surface area contributed by atoms with E-state index in [1.54, 1.807) is 6.07 Å². The zero-order chi connectivity index (χ0) is 15.4. The lowest BCUT2D eigenvalue weighted by molar-refractivity contribution is -0.384. The molecule has 0 saturated carbocycles. The van der Waals surface area contributed by atoms with E-state index in [0.29, 0.717) is 11.1 Å². The number of rotatable bonds is 5. The minimum absolute atomic E-state index is 0.0112. The van der Waals surface area contributed by atoms with Crippen molar-refractivity contribution in [2.24, 2.45) is 5.73 Å². The Morgan fingerprint density at radius 3 is 2.48 bits per heavy atom. The van der Waals surface area contributed by atoms with Gasteiger partial charge in [0.1, 0.15) is 12.4 Å². The second-order valence-corrected chi connectivity index (χ2v) is 5.53. The predicted molar refractivity (Wildman–Crippen MR) is 84.2 cm³/mol. The maximum Gasteiger partial charge on any atom is 0.270 e. The highest BCUT2D eigenvalue weighted by molar-refractivity contribution is 9.10. The summed E-state index contributed by atoms with van der Waals surface area (Å²) in [5.74, 6) is 0.727. The van der Waals surface area contributed by atoms with Crippen LogP contribution in [0.2, 0.25) is 0 Å². The van der Waals surface area contributed by atoms with Crippen LogP contribution in [-0.2, 0) is 6.61 Å². The summed E-state index contributed by atoms with van der Waals surface area (Å²) in [5.41, 5.74) is 7.72. The number of halogens is 1. The highest BCUT2D eigenvalue weighted by atomic mass is 79.9. The molecule has 0 saturated heterocycles. The number of ether oxygens (including phenoxy) is 1. The second-order valence-electron chi connectivity index (χ2n) is 4.68. The molecule has 110 valence electrons. The summed E-state index contributed by atoms with van der Waals surface area (Å²) in [5, 5.41) is 10.7. The molecule has 2 aromatic carbocycles. The average Bonchev–Trinajstić information content (AvgIpc) is 2.46. The van der Waals surface area contributed by atoms with Crippen LogP contribution in [-0.4, -0.2) is 4.92 Å². The van der Waals surface area contributed by atoms with Gasteiger partial charge in [-0.1, -0.05) is 28.1 Å². The lowest BCUT2D eigenvalue weighted by atomic mass is 10.1. The normalized spacial score (nSPS) is 12.0. The molecule has 0 aromatic heterocycles. The van der Waals surface area contributed by atoms with Gasteiger partial charge in [-0.05, 0) is 30.7 Å². The first-order chi connectivity index (χ1) is 9.97. The Morgan fingerprint density at radius 2 is 1.95 bits per heavy atom. The average molecular weight is 351 g/mol. The van der Waals surface area contributed by atoms with E-state index in [4.69, 9.17) is 10.5 Å². The molecule has 2 rings (SSSR count). The van der Waals surface area contributed by atoms with Gasteiger partial charge in [0, 0.05) is 28.2 Å². The minimum Gasteiger partial charge on any atom is -0.489 e. The zero-order valence-corrected chi connectivity index (χ0v) is 13.0. The second kappa shape index (κ2) is 6.69. The molecule has 0 amide bonds. The predicted octanol–water partition coefficient (Wildman–Crippen LogP) is 3.96. The molecule has 0 aliphatic carbocycles. The fraction of sp³-hybridized carbons (Fsp3) is 0.200. The quantitative estimate of drug-likeness (QED) is 0.653. The first-order valence-corrected chi connectivity index (χ1v) is 7.18. The molecule has 21 heavy (non-hydrogen) atoms. The molecule has 0 aliphatic rings. The number of nitro groups is 1. The van der Waals surface area contributed by atoms with Crippen LogP contribution in [0.25, 0.3) is 0 Å². The molecule has 6 heteroatoms. The Balaban J connectivity index is 2.04. The van der Waals surface area contributed by atoms with Gasteiger partial charge in [-0.15, -0.1) is 0 Å². The Labute approximate surface area is 131 Å². The minimum atomic E-state index is -0.428. The monoisotopic (exact) mass is 350 g/mol. The van der Waals surface area contributed by atoms with Crippen molar-refractivity contribution in [2.75, 3.05) is 0 Å². The van der Waals surface area contributed by atoms with Crippen LogP contribution in [0.1, 0.15) is 24.1 Å². The molecule has 0 spiro atoms. The SMILES string of the molecule is C[C@@H](N)c1ccc(OCc2ccc([N+](=O)[O-])cc2Br)cc1. The van der Waals surface area contributed by atoms with Crippen molar-refractivity contribution in [3.05, 3.63) is 68.2 Å². The van der Waals surface area contributed by atoms with Gasteiger partial charge in [0.2, 0.25) is 0 Å². The highest BCUT2D eigenvalue weighted by Crippen LogP contribution is 2.24. The van der Waals surface area contributed by atoms with Crippen LogP contribution in [0, 0.1) is 10.1 Å². The Hall–Kier alpha value is -1.92. The number of non-ortho nitro benzene ring substituents is 1. The molecular formula is C15H15BrN2O3. The molecular weight excluding hydrogens is 336 g/mol. The molecule has 2 aromatic rings. The van der Waals surface area contributed by atoms with Crippen molar-refractivity contribution in [1.29, 1.82) is 0 Å². The molecule has 0 heterocycles. The third kappa shape index (κ3) is 4.03. The van der Waals surface area contributed by atoms with Gasteiger partial charge in [0.15, 0.2) is 0 Å². The summed E-state index contributed by atoms with van der Waals surface area (Å²) >= 11 is 3.32. The maximum atomic E-state index is 10.7. The van der Waals surface area contributed by atoms with Gasteiger partial charge in [-0.3, -0.25) is 10.1 Å². The van der Waals surface area contributed by atoms with Crippen molar-refractivity contribution in [1.82, 2.24) is 0 Å². The molecule has 0 bridgehead atoms. The van der Waals surface area contributed by atoms with Crippen LogP contribution in [0.15, 0.2) is 46.9 Å². The zero-order valence-electron chi connectivity index (χ0n) is 11.5. The molecule has 0 radical (unpaired) electrons. The van der Waals surface area contributed by atoms with Crippen LogP contribution in [0.5, 0.6) is 5.75 Å². The van der Waals surface area contributed by atoms with Gasteiger partial charge < -0.3 is 10.5 Å². The standard InChI is InChI=1S/C15H15BrN2O3/c1-10(17)11-3-6-14(7-4-11)21-9-12-2-5-13(18(19)20)8-15(12)16/h2-8,10H,9,17H2,1H3/t10-/m1/s1. The number of hydrogen-bond donors (Lipinski definition) is 1. The van der Waals surface area contributed by atoms with Crippen molar-refractivity contribution in [3.63, 3.8) is 0 Å². The van der Waals surface area contributed by atoms with Gasteiger partial charge in [0.05, 0.1) is 4.92 Å². The molecule has 0 unspecified atom stereocenters.